The van der Waals surface area contributed by atoms with Crippen LogP contribution in [0.15, 0.2) is 34.9 Å². The smallest absolute Gasteiger partial charge is 0.334 e. The van der Waals surface area contributed by atoms with Crippen molar-refractivity contribution in [2.75, 3.05) is 0 Å². The van der Waals surface area contributed by atoms with E-state index in [1.54, 1.807) is 6.92 Å². The summed E-state index contributed by atoms with van der Waals surface area (Å²) < 4.78 is 24.0. The van der Waals surface area contributed by atoms with Crippen molar-refractivity contribution >= 4 is 23.9 Å². The van der Waals surface area contributed by atoms with Gasteiger partial charge in [-0.05, 0) is 64.4 Å². The van der Waals surface area contributed by atoms with Crippen molar-refractivity contribution in [2.24, 2.45) is 46.3 Å². The zero-order valence-electron chi connectivity index (χ0n) is 25.8. The Hall–Kier alpha value is -2.94. The molecule has 0 aromatic heterocycles. The Morgan fingerprint density at radius 1 is 1.05 bits per heavy atom. The van der Waals surface area contributed by atoms with Crippen molar-refractivity contribution in [1.82, 2.24) is 0 Å². The predicted molar refractivity (Wildman–Crippen MR) is 152 cm³/mol. The van der Waals surface area contributed by atoms with Crippen LogP contribution in [0.2, 0.25) is 0 Å². The van der Waals surface area contributed by atoms with E-state index < -0.39 is 40.7 Å². The van der Waals surface area contributed by atoms with Crippen LogP contribution in [0, 0.1) is 46.3 Å². The fourth-order valence-corrected chi connectivity index (χ4v) is 11.2. The van der Waals surface area contributed by atoms with Crippen LogP contribution in [0.1, 0.15) is 73.6 Å². The van der Waals surface area contributed by atoms with Gasteiger partial charge in [0.25, 0.3) is 0 Å². The van der Waals surface area contributed by atoms with Crippen LogP contribution in [0.25, 0.3) is 0 Å². The molecule has 9 heteroatoms. The number of carbonyl (C=O) groups is 4. The lowest BCUT2D eigenvalue weighted by atomic mass is 9.57. The second-order valence-electron chi connectivity index (χ2n) is 14.8. The van der Waals surface area contributed by atoms with Gasteiger partial charge in [-0.1, -0.05) is 30.2 Å². The second-order valence-corrected chi connectivity index (χ2v) is 14.8. The zero-order chi connectivity index (χ0) is 31.0. The summed E-state index contributed by atoms with van der Waals surface area (Å²) in [5.41, 5.74) is 0.944. The Morgan fingerprint density at radius 2 is 1.74 bits per heavy atom. The molecular formula is C34H42O9. The molecule has 1 N–H and O–H groups in total. The van der Waals surface area contributed by atoms with Crippen molar-refractivity contribution in [2.45, 2.75) is 104 Å². The molecule has 0 amide bonds. The third kappa shape index (κ3) is 3.60. The maximum absolute atomic E-state index is 14.3. The molecule has 0 aromatic carbocycles. The van der Waals surface area contributed by atoms with Gasteiger partial charge in [-0.15, -0.1) is 0 Å². The molecule has 0 unspecified atom stereocenters. The van der Waals surface area contributed by atoms with E-state index in [1.165, 1.54) is 13.8 Å². The normalized spacial score (nSPS) is 49.4. The van der Waals surface area contributed by atoms with E-state index in [4.69, 9.17) is 18.9 Å². The molecule has 9 nitrogen and oxygen atoms in total. The number of rotatable bonds is 2. The summed E-state index contributed by atoms with van der Waals surface area (Å²) in [5, 5.41) is 11.7. The maximum atomic E-state index is 14.3. The Balaban J connectivity index is 1.35. The SMILES string of the molecule is C=C1C(=O)O[C@H]2C[C@H](C)[C@@]34C[C@@]5(C(=O)O[C@H]6C=C(C)[C@H]7[C@@H](OC(C)=O)C[C@@](C)(O)[C@@H]7C[C@@H]65)[C@@H](C(C)=C3C[C@H]12)[C@@H]4OC(C)=O. The van der Waals surface area contributed by atoms with Crippen molar-refractivity contribution in [3.05, 3.63) is 34.9 Å². The fraction of sp³-hybridized carbons (Fsp3) is 0.706. The number of aliphatic hydroxyl groups is 1. The highest BCUT2D eigenvalue weighted by molar-refractivity contribution is 5.91. The first-order valence-corrected chi connectivity index (χ1v) is 15.7. The quantitative estimate of drug-likeness (QED) is 0.219. The number of carbonyl (C=O) groups excluding carboxylic acids is 4. The molecule has 7 rings (SSSR count). The van der Waals surface area contributed by atoms with E-state index >= 15 is 0 Å². The lowest BCUT2D eigenvalue weighted by Crippen LogP contribution is -2.45. The minimum absolute atomic E-state index is 0.0505. The number of hydrogen-bond donors (Lipinski definition) is 1. The number of esters is 4. The second kappa shape index (κ2) is 9.05. The summed E-state index contributed by atoms with van der Waals surface area (Å²) in [7, 11) is 0. The Bertz CT molecular complexity index is 1420. The molecule has 2 bridgehead atoms. The van der Waals surface area contributed by atoms with Gasteiger partial charge in [-0.25, -0.2) is 4.79 Å². The lowest BCUT2D eigenvalue weighted by molar-refractivity contribution is -0.156. The molecule has 232 valence electrons. The van der Waals surface area contributed by atoms with Crippen LogP contribution >= 0.6 is 0 Å². The molecule has 0 radical (unpaired) electrons. The minimum Gasteiger partial charge on any atom is -0.462 e. The summed E-state index contributed by atoms with van der Waals surface area (Å²) in [6.45, 7) is 14.8. The van der Waals surface area contributed by atoms with Crippen molar-refractivity contribution in [1.29, 1.82) is 0 Å². The first-order valence-electron chi connectivity index (χ1n) is 15.7. The summed E-state index contributed by atoms with van der Waals surface area (Å²) >= 11 is 0. The Kier molecular flexibility index (Phi) is 6.06. The molecule has 5 fully saturated rings. The van der Waals surface area contributed by atoms with E-state index in [0.29, 0.717) is 37.7 Å². The van der Waals surface area contributed by atoms with Crippen LogP contribution in [-0.2, 0) is 38.1 Å². The average molecular weight is 595 g/mol. The molecule has 2 heterocycles. The topological polar surface area (TPSA) is 125 Å². The van der Waals surface area contributed by atoms with Gasteiger partial charge in [0.1, 0.15) is 24.4 Å². The van der Waals surface area contributed by atoms with Gasteiger partial charge in [0.05, 0.1) is 11.0 Å². The number of fused-ring (bicyclic) bond motifs is 6. The summed E-state index contributed by atoms with van der Waals surface area (Å²) in [6.07, 6.45) is 2.66. The Morgan fingerprint density at radius 3 is 2.42 bits per heavy atom. The highest BCUT2D eigenvalue weighted by atomic mass is 16.6. The van der Waals surface area contributed by atoms with Gasteiger partial charge in [-0.3, -0.25) is 14.4 Å². The van der Waals surface area contributed by atoms with Crippen LogP contribution in [-0.4, -0.2) is 59.0 Å². The standard InChI is InChI=1S/C34H42O9/c1-14-8-25-22(11-23-27(14)26(40-18(5)35)12-32(23,7)39)34(31(38)43-25)13-33-15(2)9-24-20(16(3)30(37)42-24)10-21(33)17(4)28(34)29(33)41-19(6)36/h8,15,20,22-29,39H,3,9-13H2,1-2,4-7H3/t15-,20+,22-,23+,24-,25-,26-,27+,28-,29-,32+,33-,34-/m0/s1. The first-order chi connectivity index (χ1) is 20.1. The van der Waals surface area contributed by atoms with Crippen LogP contribution in [0.4, 0.5) is 0 Å². The number of ether oxygens (including phenoxy) is 4. The molecule has 2 saturated heterocycles. The maximum Gasteiger partial charge on any atom is 0.334 e. The van der Waals surface area contributed by atoms with E-state index in [-0.39, 0.29) is 59.5 Å². The molecular weight excluding hydrogens is 552 g/mol. The largest absolute Gasteiger partial charge is 0.462 e. The van der Waals surface area contributed by atoms with Gasteiger partial charge in [0, 0.05) is 54.9 Å². The predicted octanol–water partition coefficient (Wildman–Crippen LogP) is 3.98. The molecule has 3 saturated carbocycles. The van der Waals surface area contributed by atoms with Crippen LogP contribution in [0.3, 0.4) is 0 Å². The third-order valence-electron chi connectivity index (χ3n) is 12.8. The number of hydrogen-bond acceptors (Lipinski definition) is 9. The molecule has 5 aliphatic carbocycles. The first kappa shape index (κ1) is 28.8. The monoisotopic (exact) mass is 594 g/mol. The fourth-order valence-electron chi connectivity index (χ4n) is 11.2. The molecule has 13 atom stereocenters. The summed E-state index contributed by atoms with van der Waals surface area (Å²) in [5.74, 6) is -2.69. The zero-order valence-corrected chi connectivity index (χ0v) is 25.8. The van der Waals surface area contributed by atoms with Gasteiger partial charge in [0.15, 0.2) is 0 Å². The Labute approximate surface area is 252 Å². The van der Waals surface area contributed by atoms with E-state index in [1.807, 2.05) is 13.0 Å². The third-order valence-corrected chi connectivity index (χ3v) is 12.8. The molecule has 2 spiro atoms. The highest BCUT2D eigenvalue weighted by Crippen LogP contribution is 2.76. The van der Waals surface area contributed by atoms with Crippen molar-refractivity contribution in [3.8, 4) is 0 Å². The van der Waals surface area contributed by atoms with Crippen LogP contribution in [0.5, 0.6) is 0 Å². The van der Waals surface area contributed by atoms with Gasteiger partial charge >= 0.3 is 23.9 Å². The molecule has 7 aliphatic rings. The van der Waals surface area contributed by atoms with Crippen molar-refractivity contribution in [3.63, 3.8) is 0 Å². The molecule has 0 aromatic rings. The van der Waals surface area contributed by atoms with Gasteiger partial charge in [0.2, 0.25) is 0 Å². The van der Waals surface area contributed by atoms with E-state index in [0.717, 1.165) is 16.7 Å². The van der Waals surface area contributed by atoms with E-state index in [9.17, 15) is 24.3 Å². The highest BCUT2D eigenvalue weighted by Gasteiger charge is 2.79. The average Bonchev–Trinajstić information content (AvgIpc) is 3.50. The van der Waals surface area contributed by atoms with E-state index in [2.05, 4.69) is 20.4 Å². The summed E-state index contributed by atoms with van der Waals surface area (Å²) in [6, 6.07) is 0. The minimum atomic E-state index is -1.11. The van der Waals surface area contributed by atoms with Gasteiger partial charge < -0.3 is 24.1 Å². The molecule has 43 heavy (non-hydrogen) atoms. The van der Waals surface area contributed by atoms with Crippen LogP contribution < -0.4 is 0 Å². The lowest BCUT2D eigenvalue weighted by Gasteiger charge is -2.43. The molecule has 2 aliphatic heterocycles. The van der Waals surface area contributed by atoms with Crippen molar-refractivity contribution < 1.29 is 43.2 Å². The summed E-state index contributed by atoms with van der Waals surface area (Å²) in [4.78, 5) is 51.5. The van der Waals surface area contributed by atoms with Gasteiger partial charge in [-0.2, -0.15) is 0 Å².